The Hall–Kier alpha value is -0.900. The van der Waals surface area contributed by atoms with Gasteiger partial charge in [-0.3, -0.25) is 9.89 Å². The average Bonchev–Trinajstić information content (AvgIpc) is 3.03. The number of hydrogen-bond donors (Lipinski definition) is 2. The molecule has 1 saturated heterocycles. The largest absolute Gasteiger partial charge is 0.356 e. The first-order valence-electron chi connectivity index (χ1n) is 12.4. The summed E-state index contributed by atoms with van der Waals surface area (Å²) in [5.41, 5.74) is 0.320. The molecule has 176 valence electrons. The fourth-order valence-electron chi connectivity index (χ4n) is 5.67. The lowest BCUT2D eigenvalue weighted by Crippen LogP contribution is -2.59. The van der Waals surface area contributed by atoms with Crippen molar-refractivity contribution in [2.75, 3.05) is 33.2 Å². The van der Waals surface area contributed by atoms with Crippen LogP contribution < -0.4 is 10.6 Å². The van der Waals surface area contributed by atoms with Crippen molar-refractivity contribution >= 4 is 29.9 Å². The van der Waals surface area contributed by atoms with E-state index in [4.69, 9.17) is 0 Å². The van der Waals surface area contributed by atoms with E-state index in [-0.39, 0.29) is 24.0 Å². The van der Waals surface area contributed by atoms with Gasteiger partial charge in [-0.25, -0.2) is 0 Å². The van der Waals surface area contributed by atoms with Crippen LogP contribution in [0.15, 0.2) is 4.99 Å². The van der Waals surface area contributed by atoms with Crippen molar-refractivity contribution in [1.82, 2.24) is 30.3 Å². The van der Waals surface area contributed by atoms with Crippen molar-refractivity contribution in [3.63, 3.8) is 0 Å². The monoisotopic (exact) mass is 543 g/mol. The second kappa shape index (κ2) is 12.4. The molecular formula is C23H42IN7. The topological polar surface area (TPSA) is 70.4 Å². The molecule has 2 aliphatic heterocycles. The van der Waals surface area contributed by atoms with E-state index < -0.39 is 0 Å². The van der Waals surface area contributed by atoms with Crippen molar-refractivity contribution in [3.05, 3.63) is 11.6 Å². The molecule has 0 bridgehead atoms. The molecule has 2 N–H and O–H groups in total. The first-order valence-corrected chi connectivity index (χ1v) is 12.4. The molecule has 2 fully saturated rings. The first-order chi connectivity index (χ1) is 14.8. The SMILES string of the molecule is CN=C(NCCc1nnc2n1CCCCC2)NCC1(N2CCCCC2)CCCCC1.I. The molecule has 1 aromatic heterocycles. The predicted molar refractivity (Wildman–Crippen MR) is 137 cm³/mol. The van der Waals surface area contributed by atoms with Crippen molar-refractivity contribution in [3.8, 4) is 0 Å². The summed E-state index contributed by atoms with van der Waals surface area (Å²) in [4.78, 5) is 7.30. The molecule has 1 aromatic rings. The lowest BCUT2D eigenvalue weighted by atomic mass is 9.79. The summed E-state index contributed by atoms with van der Waals surface area (Å²) >= 11 is 0. The molecule has 8 heteroatoms. The van der Waals surface area contributed by atoms with Crippen LogP contribution in [0.2, 0.25) is 0 Å². The summed E-state index contributed by atoms with van der Waals surface area (Å²) in [6.45, 7) is 5.46. The maximum absolute atomic E-state index is 4.50. The Morgan fingerprint density at radius 2 is 1.61 bits per heavy atom. The van der Waals surface area contributed by atoms with Gasteiger partial charge in [0.05, 0.1) is 0 Å². The van der Waals surface area contributed by atoms with Crippen LogP contribution in [0.5, 0.6) is 0 Å². The van der Waals surface area contributed by atoms with Crippen LogP contribution in [0.1, 0.15) is 82.3 Å². The Kier molecular flexibility index (Phi) is 9.87. The van der Waals surface area contributed by atoms with Gasteiger partial charge in [-0.2, -0.15) is 0 Å². The molecule has 3 aliphatic rings. The number of nitrogens with zero attached hydrogens (tertiary/aromatic N) is 5. The van der Waals surface area contributed by atoms with Crippen LogP contribution in [0.4, 0.5) is 0 Å². The Morgan fingerprint density at radius 3 is 2.39 bits per heavy atom. The third-order valence-electron chi connectivity index (χ3n) is 7.45. The zero-order valence-corrected chi connectivity index (χ0v) is 21.7. The highest BCUT2D eigenvalue weighted by Gasteiger charge is 2.38. The summed E-state index contributed by atoms with van der Waals surface area (Å²) in [5.74, 6) is 3.21. The Bertz CT molecular complexity index is 690. The van der Waals surface area contributed by atoms with E-state index in [1.807, 2.05) is 7.05 Å². The lowest BCUT2D eigenvalue weighted by Gasteiger charge is -2.48. The van der Waals surface area contributed by atoms with Crippen molar-refractivity contribution in [1.29, 1.82) is 0 Å². The lowest BCUT2D eigenvalue weighted by molar-refractivity contribution is 0.0368. The van der Waals surface area contributed by atoms with Crippen LogP contribution >= 0.6 is 24.0 Å². The van der Waals surface area contributed by atoms with E-state index >= 15 is 0 Å². The average molecular weight is 544 g/mol. The van der Waals surface area contributed by atoms with Gasteiger partial charge in [0.2, 0.25) is 0 Å². The molecule has 0 spiro atoms. The summed E-state index contributed by atoms with van der Waals surface area (Å²) in [6, 6.07) is 0. The highest BCUT2D eigenvalue weighted by Crippen LogP contribution is 2.35. The van der Waals surface area contributed by atoms with Gasteiger partial charge in [-0.15, -0.1) is 34.2 Å². The molecule has 4 rings (SSSR count). The Balaban J connectivity index is 0.00000272. The molecule has 0 unspecified atom stereocenters. The van der Waals surface area contributed by atoms with Gasteiger partial charge >= 0.3 is 0 Å². The molecule has 0 atom stereocenters. The molecule has 0 radical (unpaired) electrons. The van der Waals surface area contributed by atoms with E-state index in [1.165, 1.54) is 89.5 Å². The molecule has 0 amide bonds. The summed E-state index contributed by atoms with van der Waals surface area (Å²) < 4.78 is 2.35. The third kappa shape index (κ3) is 6.33. The van der Waals surface area contributed by atoms with E-state index in [9.17, 15) is 0 Å². The first kappa shape index (κ1) is 24.7. The number of halogens is 1. The minimum absolute atomic E-state index is 0. The quantitative estimate of drug-likeness (QED) is 0.327. The normalized spacial score (nSPS) is 22.2. The van der Waals surface area contributed by atoms with Gasteiger partial charge in [-0.05, 0) is 51.6 Å². The second-order valence-electron chi connectivity index (χ2n) is 9.43. The van der Waals surface area contributed by atoms with E-state index in [0.29, 0.717) is 5.54 Å². The highest BCUT2D eigenvalue weighted by atomic mass is 127. The number of likely N-dealkylation sites (tertiary alicyclic amines) is 1. The van der Waals surface area contributed by atoms with E-state index in [0.717, 1.165) is 44.3 Å². The smallest absolute Gasteiger partial charge is 0.191 e. The minimum atomic E-state index is 0. The molecular weight excluding hydrogens is 501 g/mol. The maximum Gasteiger partial charge on any atom is 0.191 e. The summed E-state index contributed by atoms with van der Waals surface area (Å²) in [5, 5.41) is 16.1. The van der Waals surface area contributed by atoms with Crippen molar-refractivity contribution < 1.29 is 0 Å². The van der Waals surface area contributed by atoms with Gasteiger partial charge in [0.1, 0.15) is 11.6 Å². The van der Waals surface area contributed by atoms with Crippen LogP contribution in [-0.4, -0.2) is 64.4 Å². The molecule has 1 aliphatic carbocycles. The van der Waals surface area contributed by atoms with Crippen LogP contribution in [0.25, 0.3) is 0 Å². The zero-order chi connectivity index (χ0) is 20.7. The molecule has 0 aromatic carbocycles. The van der Waals surface area contributed by atoms with Crippen molar-refractivity contribution in [2.45, 2.75) is 95.6 Å². The van der Waals surface area contributed by atoms with E-state index in [1.54, 1.807) is 0 Å². The second-order valence-corrected chi connectivity index (χ2v) is 9.43. The Labute approximate surface area is 205 Å². The van der Waals surface area contributed by atoms with Crippen LogP contribution in [0, 0.1) is 0 Å². The number of guanidine groups is 1. The minimum Gasteiger partial charge on any atom is -0.356 e. The standard InChI is InChI=1S/C23H41N7.HI/c1-24-22(25-15-12-21-28-27-20-11-5-2-10-18-30(20)21)26-19-23(13-6-3-7-14-23)29-16-8-4-9-17-29;/h2-19H2,1H3,(H2,24,25,26);1H. The summed E-state index contributed by atoms with van der Waals surface area (Å²) in [6.07, 6.45) is 16.6. The Morgan fingerprint density at radius 1 is 0.903 bits per heavy atom. The summed E-state index contributed by atoms with van der Waals surface area (Å²) in [7, 11) is 1.88. The van der Waals surface area contributed by atoms with E-state index in [2.05, 4.69) is 35.3 Å². The molecule has 1 saturated carbocycles. The third-order valence-corrected chi connectivity index (χ3v) is 7.45. The highest BCUT2D eigenvalue weighted by molar-refractivity contribution is 14.0. The van der Waals surface area contributed by atoms with Gasteiger partial charge in [0, 0.05) is 45.1 Å². The zero-order valence-electron chi connectivity index (χ0n) is 19.4. The number of hydrogen-bond acceptors (Lipinski definition) is 4. The maximum atomic E-state index is 4.50. The van der Waals surface area contributed by atoms with Gasteiger partial charge in [-0.1, -0.05) is 32.1 Å². The molecule has 3 heterocycles. The van der Waals surface area contributed by atoms with Crippen molar-refractivity contribution in [2.24, 2.45) is 4.99 Å². The van der Waals surface area contributed by atoms with Gasteiger partial charge in [0.15, 0.2) is 5.96 Å². The van der Waals surface area contributed by atoms with Crippen LogP contribution in [-0.2, 0) is 19.4 Å². The number of fused-ring (bicyclic) bond motifs is 1. The van der Waals surface area contributed by atoms with Gasteiger partial charge in [0.25, 0.3) is 0 Å². The number of aromatic nitrogens is 3. The number of nitrogens with one attached hydrogen (secondary N) is 2. The fourth-order valence-corrected chi connectivity index (χ4v) is 5.67. The van der Waals surface area contributed by atoms with Crippen LogP contribution in [0.3, 0.4) is 0 Å². The fraction of sp³-hybridized carbons (Fsp3) is 0.870. The van der Waals surface area contributed by atoms with Gasteiger partial charge < -0.3 is 15.2 Å². The number of rotatable bonds is 6. The molecule has 7 nitrogen and oxygen atoms in total. The molecule has 31 heavy (non-hydrogen) atoms. The number of aryl methyl sites for hydroxylation is 1. The predicted octanol–water partition coefficient (Wildman–Crippen LogP) is 3.52. The number of aliphatic imine (C=N–C) groups is 1. The number of piperidine rings is 1.